The van der Waals surface area contributed by atoms with Crippen LogP contribution in [-0.2, 0) is 35.0 Å². The molecule has 1 aromatic rings. The van der Waals surface area contributed by atoms with Gasteiger partial charge in [-0.15, -0.1) is 0 Å². The van der Waals surface area contributed by atoms with E-state index in [4.69, 9.17) is 14.2 Å². The Morgan fingerprint density at radius 1 is 0.825 bits per heavy atom. The van der Waals surface area contributed by atoms with Gasteiger partial charge in [0.25, 0.3) is 0 Å². The number of carbonyl (C=O) groups is 4. The molecule has 0 spiro atoms. The Morgan fingerprint density at radius 2 is 1.43 bits per heavy atom. The van der Waals surface area contributed by atoms with E-state index in [0.717, 1.165) is 24.8 Å². The lowest BCUT2D eigenvalue weighted by molar-refractivity contribution is -0.172. The molecule has 0 fully saturated rings. The van der Waals surface area contributed by atoms with Crippen LogP contribution in [0.25, 0.3) is 0 Å². The Hall–Kier alpha value is -2.70. The Balaban J connectivity index is 3.10. The summed E-state index contributed by atoms with van der Waals surface area (Å²) in [6, 6.07) is 7.21. The molecule has 7 heteroatoms. The van der Waals surface area contributed by atoms with E-state index in [0.29, 0.717) is 50.7 Å². The van der Waals surface area contributed by atoms with E-state index in [-0.39, 0.29) is 29.2 Å². The molecule has 0 aliphatic rings. The summed E-state index contributed by atoms with van der Waals surface area (Å²) in [7, 11) is 0. The van der Waals surface area contributed by atoms with Gasteiger partial charge in [-0.2, -0.15) is 0 Å². The Morgan fingerprint density at radius 3 is 1.93 bits per heavy atom. The maximum Gasteiger partial charge on any atom is 0.338 e. The zero-order valence-electron chi connectivity index (χ0n) is 26.3. The third-order valence-electron chi connectivity index (χ3n) is 7.42. The van der Waals surface area contributed by atoms with Gasteiger partial charge in [-0.3, -0.25) is 14.4 Å². The predicted molar refractivity (Wildman–Crippen MR) is 157 cm³/mol. The zero-order valence-corrected chi connectivity index (χ0v) is 26.3. The molecule has 0 heterocycles. The van der Waals surface area contributed by atoms with E-state index in [1.165, 1.54) is 13.8 Å². The number of ketones is 1. The second-order valence-corrected chi connectivity index (χ2v) is 12.5. The minimum Gasteiger partial charge on any atom is -0.462 e. The second kappa shape index (κ2) is 15.9. The summed E-state index contributed by atoms with van der Waals surface area (Å²) >= 11 is 0. The fourth-order valence-corrected chi connectivity index (χ4v) is 5.01. The summed E-state index contributed by atoms with van der Waals surface area (Å²) in [5.74, 6) is -1.40. The molecule has 40 heavy (non-hydrogen) atoms. The number of aryl methyl sites for hydroxylation is 1. The molecule has 1 aromatic carbocycles. The molecule has 0 saturated carbocycles. The van der Waals surface area contributed by atoms with Gasteiger partial charge in [0.15, 0.2) is 0 Å². The van der Waals surface area contributed by atoms with Gasteiger partial charge in [0.1, 0.15) is 22.9 Å². The highest BCUT2D eigenvalue weighted by atomic mass is 16.6. The van der Waals surface area contributed by atoms with Crippen LogP contribution < -0.4 is 0 Å². The fraction of sp³-hybridized carbons (Fsp3) is 0.697. The third kappa shape index (κ3) is 11.4. The molecule has 7 nitrogen and oxygen atoms in total. The number of benzene rings is 1. The summed E-state index contributed by atoms with van der Waals surface area (Å²) in [6.45, 7) is 16.7. The molecule has 226 valence electrons. The number of rotatable bonds is 17. The molecule has 2 unspecified atom stereocenters. The molecule has 0 N–H and O–H groups in total. The number of esters is 3. The third-order valence-corrected chi connectivity index (χ3v) is 7.42. The van der Waals surface area contributed by atoms with Crippen LogP contribution in [-0.4, -0.2) is 42.0 Å². The minimum absolute atomic E-state index is 0.214. The first-order valence-electron chi connectivity index (χ1n) is 14.8. The number of ether oxygens (including phenoxy) is 3. The Kier molecular flexibility index (Phi) is 14.1. The Labute approximate surface area is 241 Å². The highest BCUT2D eigenvalue weighted by Crippen LogP contribution is 2.38. The molecule has 0 radical (unpaired) electrons. The first kappa shape index (κ1) is 35.3. The zero-order chi connectivity index (χ0) is 30.6. The van der Waals surface area contributed by atoms with Gasteiger partial charge >= 0.3 is 17.9 Å². The van der Waals surface area contributed by atoms with Crippen molar-refractivity contribution in [2.24, 2.45) is 10.8 Å². The van der Waals surface area contributed by atoms with Crippen molar-refractivity contribution < 1.29 is 33.4 Å². The standard InChI is InChI=1S/C33H52O7/c1-10-12-21-32(8,9)28(39-25(4)35)16-14-23-33(24(3)34,30(37)40-31(5,6)7)22-13-15-26-17-19-27(20-18-26)29(36)38-11-2/h17-20,28H,10-16,21-23H2,1-9H3. The summed E-state index contributed by atoms with van der Waals surface area (Å²) in [6.07, 6.45) is 5.68. The highest BCUT2D eigenvalue weighted by Gasteiger charge is 2.45. The lowest BCUT2D eigenvalue weighted by Crippen LogP contribution is -2.43. The molecular weight excluding hydrogens is 508 g/mol. The Bertz CT molecular complexity index is 972. The maximum absolute atomic E-state index is 13.6. The van der Waals surface area contributed by atoms with E-state index < -0.39 is 17.0 Å². The van der Waals surface area contributed by atoms with Crippen molar-refractivity contribution in [1.29, 1.82) is 0 Å². The number of unbranched alkanes of at least 4 members (excludes halogenated alkanes) is 1. The quantitative estimate of drug-likeness (QED) is 0.111. The average Bonchev–Trinajstić information content (AvgIpc) is 2.85. The van der Waals surface area contributed by atoms with Crippen molar-refractivity contribution in [1.82, 2.24) is 0 Å². The largest absolute Gasteiger partial charge is 0.462 e. The average molecular weight is 561 g/mol. The van der Waals surface area contributed by atoms with Crippen LogP contribution >= 0.6 is 0 Å². The number of hydrogen-bond acceptors (Lipinski definition) is 7. The van der Waals surface area contributed by atoms with Crippen LogP contribution in [0, 0.1) is 10.8 Å². The topological polar surface area (TPSA) is 96.0 Å². The summed E-state index contributed by atoms with van der Waals surface area (Å²) < 4.78 is 16.6. The van der Waals surface area contributed by atoms with E-state index in [2.05, 4.69) is 20.8 Å². The summed E-state index contributed by atoms with van der Waals surface area (Å²) in [5.41, 5.74) is -0.749. The van der Waals surface area contributed by atoms with Crippen molar-refractivity contribution >= 4 is 23.7 Å². The van der Waals surface area contributed by atoms with Crippen LogP contribution in [0.15, 0.2) is 24.3 Å². The number of carbonyl (C=O) groups excluding carboxylic acids is 4. The van der Waals surface area contributed by atoms with Crippen LogP contribution in [0.4, 0.5) is 0 Å². The predicted octanol–water partition coefficient (Wildman–Crippen LogP) is 7.42. The molecule has 0 saturated heterocycles. The van der Waals surface area contributed by atoms with Crippen LogP contribution in [0.5, 0.6) is 0 Å². The van der Waals surface area contributed by atoms with Gasteiger partial charge in [-0.25, -0.2) is 4.79 Å². The lowest BCUT2D eigenvalue weighted by atomic mass is 9.73. The highest BCUT2D eigenvalue weighted by molar-refractivity contribution is 6.02. The van der Waals surface area contributed by atoms with E-state index >= 15 is 0 Å². The van der Waals surface area contributed by atoms with Gasteiger partial charge in [-0.1, -0.05) is 45.7 Å². The van der Waals surface area contributed by atoms with Crippen LogP contribution in [0.2, 0.25) is 0 Å². The summed E-state index contributed by atoms with van der Waals surface area (Å²) in [4.78, 5) is 50.6. The number of Topliss-reactive ketones (excluding diaryl/α,β-unsaturated/α-hetero) is 1. The molecule has 2 atom stereocenters. The molecular formula is C33H52O7. The molecule has 0 bridgehead atoms. The van der Waals surface area contributed by atoms with Gasteiger partial charge in [0.05, 0.1) is 12.2 Å². The normalized spacial score (nSPS) is 14.1. The smallest absolute Gasteiger partial charge is 0.338 e. The first-order chi connectivity index (χ1) is 18.6. The monoisotopic (exact) mass is 560 g/mol. The van der Waals surface area contributed by atoms with Crippen molar-refractivity contribution in [3.63, 3.8) is 0 Å². The van der Waals surface area contributed by atoms with Crippen molar-refractivity contribution in [3.8, 4) is 0 Å². The van der Waals surface area contributed by atoms with Gasteiger partial charge < -0.3 is 14.2 Å². The van der Waals surface area contributed by atoms with Gasteiger partial charge in [0, 0.05) is 12.3 Å². The lowest BCUT2D eigenvalue weighted by Gasteiger charge is -2.36. The van der Waals surface area contributed by atoms with E-state index in [1.807, 2.05) is 12.1 Å². The number of hydrogen-bond donors (Lipinski definition) is 0. The summed E-state index contributed by atoms with van der Waals surface area (Å²) in [5, 5.41) is 0. The van der Waals surface area contributed by atoms with Gasteiger partial charge in [0.2, 0.25) is 0 Å². The first-order valence-corrected chi connectivity index (χ1v) is 14.8. The van der Waals surface area contributed by atoms with Gasteiger partial charge in [-0.05, 0) is 97.3 Å². The van der Waals surface area contributed by atoms with Crippen molar-refractivity contribution in [2.45, 2.75) is 132 Å². The van der Waals surface area contributed by atoms with Crippen molar-refractivity contribution in [3.05, 3.63) is 35.4 Å². The molecule has 0 amide bonds. The maximum atomic E-state index is 13.6. The second-order valence-electron chi connectivity index (χ2n) is 12.5. The van der Waals surface area contributed by atoms with Crippen molar-refractivity contribution in [2.75, 3.05) is 6.61 Å². The fourth-order valence-electron chi connectivity index (χ4n) is 5.01. The molecule has 0 aliphatic carbocycles. The molecule has 1 rings (SSSR count). The minimum atomic E-state index is -1.29. The SMILES string of the molecule is CCCCC(C)(C)C(CCCC(CCCc1ccc(C(=O)OCC)cc1)(C(C)=O)C(=O)OC(C)(C)C)OC(C)=O. The van der Waals surface area contributed by atoms with E-state index in [1.54, 1.807) is 39.8 Å². The van der Waals surface area contributed by atoms with Crippen LogP contribution in [0.3, 0.4) is 0 Å². The van der Waals surface area contributed by atoms with Crippen LogP contribution in [0.1, 0.15) is 130 Å². The van der Waals surface area contributed by atoms with E-state index in [9.17, 15) is 19.2 Å². The molecule has 0 aromatic heterocycles. The molecule has 0 aliphatic heterocycles.